The Morgan fingerprint density at radius 3 is 2.57 bits per heavy atom. The molecule has 0 aliphatic rings. The van der Waals surface area contributed by atoms with Crippen molar-refractivity contribution in [3.63, 3.8) is 0 Å². The van der Waals surface area contributed by atoms with Crippen LogP contribution in [0, 0.1) is 6.92 Å². The summed E-state index contributed by atoms with van der Waals surface area (Å²) >= 11 is 9.36. The first-order valence-corrected chi connectivity index (χ1v) is 7.22. The minimum Gasteiger partial charge on any atom is -0.366 e. The van der Waals surface area contributed by atoms with Gasteiger partial charge in [-0.25, -0.2) is 0 Å². The fourth-order valence-corrected chi connectivity index (χ4v) is 2.33. The van der Waals surface area contributed by atoms with Crippen LogP contribution >= 0.6 is 27.5 Å². The summed E-state index contributed by atoms with van der Waals surface area (Å²) in [6.45, 7) is 1.84. The number of anilines is 1. The molecular formula is C15H12BrClN2O2. The lowest BCUT2D eigenvalue weighted by atomic mass is 10.1. The number of amides is 2. The Labute approximate surface area is 135 Å². The van der Waals surface area contributed by atoms with E-state index in [4.69, 9.17) is 17.3 Å². The Hall–Kier alpha value is -1.85. The zero-order valence-corrected chi connectivity index (χ0v) is 13.5. The number of hydrogen-bond acceptors (Lipinski definition) is 2. The second-order valence-corrected chi connectivity index (χ2v) is 5.80. The van der Waals surface area contributed by atoms with E-state index in [0.717, 1.165) is 10.0 Å². The smallest absolute Gasteiger partial charge is 0.256 e. The van der Waals surface area contributed by atoms with Crippen molar-refractivity contribution in [3.8, 4) is 0 Å². The Morgan fingerprint density at radius 1 is 1.19 bits per heavy atom. The number of aryl methyl sites for hydroxylation is 1. The average Bonchev–Trinajstić information content (AvgIpc) is 2.43. The Morgan fingerprint density at radius 2 is 1.90 bits per heavy atom. The molecule has 0 aliphatic heterocycles. The zero-order chi connectivity index (χ0) is 15.6. The van der Waals surface area contributed by atoms with Crippen molar-refractivity contribution < 1.29 is 9.59 Å². The quantitative estimate of drug-likeness (QED) is 0.867. The lowest BCUT2D eigenvalue weighted by Gasteiger charge is -2.10. The molecule has 3 N–H and O–H groups in total. The van der Waals surface area contributed by atoms with Gasteiger partial charge in [-0.3, -0.25) is 9.59 Å². The van der Waals surface area contributed by atoms with E-state index < -0.39 is 5.91 Å². The van der Waals surface area contributed by atoms with Crippen LogP contribution < -0.4 is 11.1 Å². The van der Waals surface area contributed by atoms with Gasteiger partial charge in [0.1, 0.15) is 0 Å². The highest BCUT2D eigenvalue weighted by atomic mass is 79.9. The van der Waals surface area contributed by atoms with Crippen molar-refractivity contribution in [1.29, 1.82) is 0 Å². The van der Waals surface area contributed by atoms with Gasteiger partial charge < -0.3 is 11.1 Å². The Kier molecular flexibility index (Phi) is 4.65. The number of hydrogen-bond donors (Lipinski definition) is 2. The van der Waals surface area contributed by atoms with Crippen LogP contribution in [0.25, 0.3) is 0 Å². The molecule has 0 bridgehead atoms. The zero-order valence-electron chi connectivity index (χ0n) is 11.1. The molecule has 0 aromatic heterocycles. The molecule has 0 unspecified atom stereocenters. The summed E-state index contributed by atoms with van der Waals surface area (Å²) in [5.41, 5.74) is 7.19. The van der Waals surface area contributed by atoms with Crippen LogP contribution in [-0.2, 0) is 0 Å². The Balaban J connectivity index is 2.33. The van der Waals surface area contributed by atoms with Crippen molar-refractivity contribution in [2.24, 2.45) is 5.73 Å². The third kappa shape index (κ3) is 3.62. The topological polar surface area (TPSA) is 72.2 Å². The molecule has 0 aliphatic carbocycles. The molecule has 0 saturated carbocycles. The largest absolute Gasteiger partial charge is 0.366 e. The summed E-state index contributed by atoms with van der Waals surface area (Å²) in [6, 6.07) is 9.88. The number of nitrogens with one attached hydrogen (secondary N) is 1. The van der Waals surface area contributed by atoms with E-state index in [0.29, 0.717) is 16.3 Å². The molecule has 4 nitrogen and oxygen atoms in total. The maximum atomic E-state index is 12.3. The lowest BCUT2D eigenvalue weighted by molar-refractivity contribution is 0.0996. The molecule has 0 saturated heterocycles. The fourth-order valence-electron chi connectivity index (χ4n) is 1.80. The number of rotatable bonds is 3. The van der Waals surface area contributed by atoms with Crippen molar-refractivity contribution in [3.05, 3.63) is 62.6 Å². The molecular weight excluding hydrogens is 356 g/mol. The number of primary amides is 1. The standard InChI is InChI=1S/C15H12BrClN2O2/c1-8-2-4-10(16)7-11(8)15(21)19-13-6-9(14(18)20)3-5-12(13)17/h2-7H,1H3,(H2,18,20)(H,19,21). The molecule has 2 rings (SSSR count). The number of halogens is 2. The van der Waals surface area contributed by atoms with Crippen LogP contribution in [0.2, 0.25) is 5.02 Å². The number of nitrogens with two attached hydrogens (primary N) is 1. The second-order valence-electron chi connectivity index (χ2n) is 4.47. The van der Waals surface area contributed by atoms with Crippen LogP contribution in [-0.4, -0.2) is 11.8 Å². The molecule has 0 radical (unpaired) electrons. The van der Waals surface area contributed by atoms with Crippen molar-refractivity contribution in [2.45, 2.75) is 6.92 Å². The SMILES string of the molecule is Cc1ccc(Br)cc1C(=O)Nc1cc(C(N)=O)ccc1Cl. The van der Waals surface area contributed by atoms with Crippen molar-refractivity contribution in [1.82, 2.24) is 0 Å². The van der Waals surface area contributed by atoms with Crippen LogP contribution in [0.1, 0.15) is 26.3 Å². The molecule has 108 valence electrons. The molecule has 2 aromatic carbocycles. The van der Waals surface area contributed by atoms with Gasteiger partial charge in [-0.15, -0.1) is 0 Å². The summed E-state index contributed by atoms with van der Waals surface area (Å²) in [5, 5.41) is 3.02. The van der Waals surface area contributed by atoms with Gasteiger partial charge in [-0.2, -0.15) is 0 Å². The van der Waals surface area contributed by atoms with Gasteiger partial charge in [0.25, 0.3) is 5.91 Å². The number of benzene rings is 2. The highest BCUT2D eigenvalue weighted by molar-refractivity contribution is 9.10. The maximum absolute atomic E-state index is 12.3. The number of carbonyl (C=O) groups is 2. The molecule has 0 spiro atoms. The van der Waals surface area contributed by atoms with E-state index in [1.807, 2.05) is 19.1 Å². The summed E-state index contributed by atoms with van der Waals surface area (Å²) in [4.78, 5) is 23.5. The summed E-state index contributed by atoms with van der Waals surface area (Å²) in [7, 11) is 0. The van der Waals surface area contributed by atoms with E-state index in [-0.39, 0.29) is 11.5 Å². The third-order valence-electron chi connectivity index (χ3n) is 2.94. The highest BCUT2D eigenvalue weighted by Gasteiger charge is 2.13. The van der Waals surface area contributed by atoms with Crippen LogP contribution in [0.3, 0.4) is 0 Å². The van der Waals surface area contributed by atoms with Gasteiger partial charge in [0, 0.05) is 15.6 Å². The first-order chi connectivity index (χ1) is 9.88. The normalized spacial score (nSPS) is 10.2. The highest BCUT2D eigenvalue weighted by Crippen LogP contribution is 2.24. The number of carbonyl (C=O) groups excluding carboxylic acids is 2. The van der Waals surface area contributed by atoms with Gasteiger partial charge in [0.05, 0.1) is 10.7 Å². The predicted octanol–water partition coefficient (Wildman–Crippen LogP) is 3.76. The van der Waals surface area contributed by atoms with Crippen LogP contribution in [0.15, 0.2) is 40.9 Å². The first-order valence-electron chi connectivity index (χ1n) is 6.05. The van der Waals surface area contributed by atoms with Gasteiger partial charge in [-0.1, -0.05) is 33.6 Å². The predicted molar refractivity (Wildman–Crippen MR) is 86.8 cm³/mol. The molecule has 0 heterocycles. The molecule has 2 aromatic rings. The summed E-state index contributed by atoms with van der Waals surface area (Å²) < 4.78 is 0.801. The maximum Gasteiger partial charge on any atom is 0.256 e. The van der Waals surface area contributed by atoms with E-state index in [1.165, 1.54) is 18.2 Å². The lowest BCUT2D eigenvalue weighted by Crippen LogP contribution is -2.15. The fraction of sp³-hybridized carbons (Fsp3) is 0.0667. The van der Waals surface area contributed by atoms with E-state index in [2.05, 4.69) is 21.2 Å². The summed E-state index contributed by atoms with van der Waals surface area (Å²) in [5.74, 6) is -0.891. The molecule has 21 heavy (non-hydrogen) atoms. The molecule has 0 fully saturated rings. The van der Waals surface area contributed by atoms with E-state index in [1.54, 1.807) is 6.07 Å². The van der Waals surface area contributed by atoms with Gasteiger partial charge in [0.2, 0.25) is 5.91 Å². The monoisotopic (exact) mass is 366 g/mol. The third-order valence-corrected chi connectivity index (χ3v) is 3.77. The van der Waals surface area contributed by atoms with E-state index >= 15 is 0 Å². The average molecular weight is 368 g/mol. The minimum atomic E-state index is -0.583. The summed E-state index contributed by atoms with van der Waals surface area (Å²) in [6.07, 6.45) is 0. The van der Waals surface area contributed by atoms with Gasteiger partial charge in [-0.05, 0) is 42.8 Å². The second kappa shape index (κ2) is 6.28. The van der Waals surface area contributed by atoms with Gasteiger partial charge >= 0.3 is 0 Å². The van der Waals surface area contributed by atoms with Crippen LogP contribution in [0.4, 0.5) is 5.69 Å². The minimum absolute atomic E-state index is 0.278. The van der Waals surface area contributed by atoms with Crippen molar-refractivity contribution >= 4 is 45.0 Å². The van der Waals surface area contributed by atoms with E-state index in [9.17, 15) is 9.59 Å². The molecule has 0 atom stereocenters. The first kappa shape index (κ1) is 15.5. The Bertz CT molecular complexity index is 732. The molecule has 6 heteroatoms. The van der Waals surface area contributed by atoms with Crippen molar-refractivity contribution in [2.75, 3.05) is 5.32 Å². The van der Waals surface area contributed by atoms with Crippen LogP contribution in [0.5, 0.6) is 0 Å². The molecule has 2 amide bonds. The van der Waals surface area contributed by atoms with Gasteiger partial charge in [0.15, 0.2) is 0 Å².